The summed E-state index contributed by atoms with van der Waals surface area (Å²) in [6.45, 7) is 8.70. The molecule has 0 bridgehead atoms. The minimum absolute atomic E-state index is 0.0371. The molecule has 2 saturated heterocycles. The summed E-state index contributed by atoms with van der Waals surface area (Å²) in [6.07, 6.45) is 5.23. The van der Waals surface area contributed by atoms with Crippen LogP contribution in [0.4, 0.5) is 0 Å². The largest absolute Gasteiger partial charge is 0.466 e. The highest BCUT2D eigenvalue weighted by molar-refractivity contribution is 5.94. The molecule has 0 spiro atoms. The minimum atomic E-state index is -0.598. The average molecular weight is 419 g/mol. The molecule has 0 radical (unpaired) electrons. The Balaban J connectivity index is 1.55. The molecule has 166 valence electrons. The van der Waals surface area contributed by atoms with E-state index in [1.807, 2.05) is 25.8 Å². The quantitative estimate of drug-likeness (QED) is 0.692. The Kier molecular flexibility index (Phi) is 6.16. The minimum Gasteiger partial charge on any atom is -0.466 e. The standard InChI is InChI=1S/C22H34N4O4/c1-4-30-21(28)22-7-5-18(25-9-11-29-12-10-25)13-17(22)6-8-26(14-22)20(27)19-16(2)23-15-24(19)3/h15,17-18H,4-14H2,1-3H3/t17-,18-,22-/m1/s1. The number of hydrogen-bond donors (Lipinski definition) is 0. The van der Waals surface area contributed by atoms with Crippen LogP contribution in [0.3, 0.4) is 0 Å². The van der Waals surface area contributed by atoms with E-state index < -0.39 is 5.41 Å². The van der Waals surface area contributed by atoms with Gasteiger partial charge in [0.2, 0.25) is 0 Å². The smallest absolute Gasteiger partial charge is 0.314 e. The summed E-state index contributed by atoms with van der Waals surface area (Å²) in [5.74, 6) is 0.0782. The van der Waals surface area contributed by atoms with Crippen molar-refractivity contribution in [1.82, 2.24) is 19.4 Å². The Bertz CT molecular complexity index is 769. The van der Waals surface area contributed by atoms with E-state index >= 15 is 0 Å². The van der Waals surface area contributed by atoms with Gasteiger partial charge >= 0.3 is 5.97 Å². The highest BCUT2D eigenvalue weighted by Gasteiger charge is 2.54. The molecule has 8 heteroatoms. The lowest BCUT2D eigenvalue weighted by molar-refractivity contribution is -0.168. The van der Waals surface area contributed by atoms with Crippen LogP contribution in [-0.2, 0) is 21.3 Å². The number of piperidine rings is 1. The zero-order chi connectivity index (χ0) is 21.3. The predicted octanol–water partition coefficient (Wildman–Crippen LogP) is 1.62. The third-order valence-electron chi connectivity index (χ3n) is 7.34. The van der Waals surface area contributed by atoms with Crippen LogP contribution in [0.1, 0.15) is 48.8 Å². The van der Waals surface area contributed by atoms with Gasteiger partial charge in [-0.15, -0.1) is 0 Å². The highest BCUT2D eigenvalue weighted by Crippen LogP contribution is 2.48. The van der Waals surface area contributed by atoms with E-state index in [1.54, 1.807) is 10.9 Å². The Morgan fingerprint density at radius 2 is 2.03 bits per heavy atom. The van der Waals surface area contributed by atoms with Gasteiger partial charge in [0.05, 0.1) is 37.3 Å². The van der Waals surface area contributed by atoms with Gasteiger partial charge in [-0.2, -0.15) is 0 Å². The van der Waals surface area contributed by atoms with Crippen molar-refractivity contribution in [1.29, 1.82) is 0 Å². The number of amides is 1. The number of carbonyl (C=O) groups is 2. The lowest BCUT2D eigenvalue weighted by atomic mass is 9.61. The maximum absolute atomic E-state index is 13.3. The molecule has 8 nitrogen and oxygen atoms in total. The third-order valence-corrected chi connectivity index (χ3v) is 7.34. The van der Waals surface area contributed by atoms with E-state index in [-0.39, 0.29) is 17.8 Å². The van der Waals surface area contributed by atoms with Crippen LogP contribution in [0, 0.1) is 18.3 Å². The molecular weight excluding hydrogens is 384 g/mol. The molecule has 0 unspecified atom stereocenters. The lowest BCUT2D eigenvalue weighted by Crippen LogP contribution is -2.59. The van der Waals surface area contributed by atoms with Crippen LogP contribution < -0.4 is 0 Å². The van der Waals surface area contributed by atoms with Gasteiger partial charge in [0.25, 0.3) is 5.91 Å². The maximum Gasteiger partial charge on any atom is 0.314 e. The van der Waals surface area contributed by atoms with Crippen LogP contribution >= 0.6 is 0 Å². The van der Waals surface area contributed by atoms with E-state index in [1.165, 1.54) is 0 Å². The van der Waals surface area contributed by atoms with Crippen LogP contribution in [0.15, 0.2) is 6.33 Å². The van der Waals surface area contributed by atoms with Crippen molar-refractivity contribution in [3.8, 4) is 0 Å². The van der Waals surface area contributed by atoms with Crippen LogP contribution in [0.25, 0.3) is 0 Å². The number of nitrogens with zero attached hydrogens (tertiary/aromatic N) is 4. The molecule has 1 aromatic heterocycles. The van der Waals surface area contributed by atoms with Crippen molar-refractivity contribution in [2.75, 3.05) is 46.0 Å². The monoisotopic (exact) mass is 418 g/mol. The molecule has 0 aromatic carbocycles. The Morgan fingerprint density at radius 3 is 2.70 bits per heavy atom. The fourth-order valence-electron chi connectivity index (χ4n) is 5.69. The van der Waals surface area contributed by atoms with Gasteiger partial charge in [-0.3, -0.25) is 14.5 Å². The van der Waals surface area contributed by atoms with Gasteiger partial charge in [0.1, 0.15) is 5.69 Å². The summed E-state index contributed by atoms with van der Waals surface area (Å²) < 4.78 is 12.8. The average Bonchev–Trinajstić information content (AvgIpc) is 3.11. The molecule has 3 atom stereocenters. The van der Waals surface area contributed by atoms with E-state index in [0.717, 1.165) is 57.7 Å². The molecule has 1 aliphatic carbocycles. The van der Waals surface area contributed by atoms with Crippen molar-refractivity contribution in [2.24, 2.45) is 18.4 Å². The molecule has 30 heavy (non-hydrogen) atoms. The Hall–Kier alpha value is -1.93. The van der Waals surface area contributed by atoms with Crippen LogP contribution in [0.2, 0.25) is 0 Å². The van der Waals surface area contributed by atoms with Crippen molar-refractivity contribution in [3.63, 3.8) is 0 Å². The van der Waals surface area contributed by atoms with Crippen molar-refractivity contribution in [2.45, 2.75) is 45.6 Å². The molecule has 4 rings (SSSR count). The second-order valence-corrected chi connectivity index (χ2v) is 8.95. The topological polar surface area (TPSA) is 76.9 Å². The second-order valence-electron chi connectivity index (χ2n) is 8.95. The second kappa shape index (κ2) is 8.67. The van der Waals surface area contributed by atoms with Crippen LogP contribution in [0.5, 0.6) is 0 Å². The molecule has 0 N–H and O–H groups in total. The number of aryl methyl sites for hydroxylation is 2. The molecule has 1 aromatic rings. The summed E-state index contributed by atoms with van der Waals surface area (Å²) in [5.41, 5.74) is 0.736. The normalized spacial score (nSPS) is 30.0. The number of ether oxygens (including phenoxy) is 2. The molecular formula is C22H34N4O4. The Labute approximate surface area is 178 Å². The summed E-state index contributed by atoms with van der Waals surface area (Å²) in [6, 6.07) is 0.489. The zero-order valence-corrected chi connectivity index (χ0v) is 18.4. The first-order valence-electron chi connectivity index (χ1n) is 11.2. The van der Waals surface area contributed by atoms with Gasteiger partial charge in [-0.1, -0.05) is 0 Å². The van der Waals surface area contributed by atoms with Crippen LogP contribution in [-0.4, -0.2) is 83.3 Å². The SMILES string of the molecule is CCOC(=O)[C@@]12CC[C@@H](N3CCOCC3)C[C@H]1CCN(C(=O)c1c(C)ncn1C)C2. The third kappa shape index (κ3) is 3.75. The highest BCUT2D eigenvalue weighted by atomic mass is 16.5. The number of hydrogen-bond acceptors (Lipinski definition) is 6. The number of aromatic nitrogens is 2. The number of carbonyl (C=O) groups excluding carboxylic acids is 2. The molecule has 1 saturated carbocycles. The molecule has 3 aliphatic rings. The maximum atomic E-state index is 13.3. The number of esters is 1. The molecule has 3 heterocycles. The zero-order valence-electron chi connectivity index (χ0n) is 18.4. The van der Waals surface area contributed by atoms with Gasteiger partial charge in [0, 0.05) is 39.3 Å². The van der Waals surface area contributed by atoms with Gasteiger partial charge in [-0.05, 0) is 45.4 Å². The number of rotatable bonds is 4. The molecule has 2 aliphatic heterocycles. The number of likely N-dealkylation sites (tertiary alicyclic amines) is 1. The van der Waals surface area contributed by atoms with E-state index in [0.29, 0.717) is 31.4 Å². The number of morpholine rings is 1. The fraction of sp³-hybridized carbons (Fsp3) is 0.773. The first kappa shape index (κ1) is 21.3. The number of imidazole rings is 1. The summed E-state index contributed by atoms with van der Waals surface area (Å²) in [7, 11) is 1.84. The summed E-state index contributed by atoms with van der Waals surface area (Å²) >= 11 is 0. The summed E-state index contributed by atoms with van der Waals surface area (Å²) in [4.78, 5) is 35.2. The molecule has 3 fully saturated rings. The van der Waals surface area contributed by atoms with Crippen molar-refractivity contribution < 1.29 is 19.1 Å². The number of fused-ring (bicyclic) bond motifs is 1. The van der Waals surface area contributed by atoms with Crippen molar-refractivity contribution >= 4 is 11.9 Å². The molecule has 1 amide bonds. The van der Waals surface area contributed by atoms with Crippen molar-refractivity contribution in [3.05, 3.63) is 17.7 Å². The van der Waals surface area contributed by atoms with Gasteiger partial charge in [0.15, 0.2) is 0 Å². The Morgan fingerprint density at radius 1 is 1.27 bits per heavy atom. The fourth-order valence-corrected chi connectivity index (χ4v) is 5.69. The first-order chi connectivity index (χ1) is 14.5. The summed E-state index contributed by atoms with van der Waals surface area (Å²) in [5, 5.41) is 0. The van der Waals surface area contributed by atoms with Gasteiger partial charge in [-0.25, -0.2) is 4.98 Å². The predicted molar refractivity (Wildman–Crippen MR) is 111 cm³/mol. The van der Waals surface area contributed by atoms with E-state index in [4.69, 9.17) is 9.47 Å². The van der Waals surface area contributed by atoms with Gasteiger partial charge < -0.3 is 18.9 Å². The lowest BCUT2D eigenvalue weighted by Gasteiger charge is -2.52. The van der Waals surface area contributed by atoms with E-state index in [9.17, 15) is 9.59 Å². The first-order valence-corrected chi connectivity index (χ1v) is 11.2. The van der Waals surface area contributed by atoms with E-state index in [2.05, 4.69) is 9.88 Å².